The number of rotatable bonds is 5. The van der Waals surface area contributed by atoms with Crippen molar-refractivity contribution >= 4 is 11.6 Å². The maximum Gasteiger partial charge on any atom is 0.221 e. The van der Waals surface area contributed by atoms with Crippen LogP contribution in [0.25, 0.3) is 0 Å². The number of hydrogen-bond donors (Lipinski definition) is 2. The average molecular weight is 218 g/mol. The van der Waals surface area contributed by atoms with E-state index in [-0.39, 0.29) is 11.9 Å². The third-order valence-electron chi connectivity index (χ3n) is 2.34. The van der Waals surface area contributed by atoms with E-state index in [1.165, 1.54) is 6.92 Å². The number of benzene rings is 1. The first-order valence-corrected chi connectivity index (χ1v) is 5.37. The second kappa shape index (κ2) is 6.08. The molecule has 0 saturated heterocycles. The van der Waals surface area contributed by atoms with Crippen molar-refractivity contribution in [3.05, 3.63) is 42.5 Å². The van der Waals surface area contributed by atoms with Gasteiger partial charge in [-0.2, -0.15) is 0 Å². The highest BCUT2D eigenvalue weighted by molar-refractivity contribution is 5.88. The molecule has 3 nitrogen and oxygen atoms in total. The van der Waals surface area contributed by atoms with Crippen LogP contribution in [0.4, 0.5) is 5.69 Å². The van der Waals surface area contributed by atoms with Gasteiger partial charge in [0.05, 0.1) is 0 Å². The fraction of sp³-hybridized carbons (Fsp3) is 0.308. The Morgan fingerprint density at radius 3 is 2.62 bits per heavy atom. The molecule has 0 aliphatic heterocycles. The van der Waals surface area contributed by atoms with Crippen LogP contribution in [0.15, 0.2) is 36.9 Å². The van der Waals surface area contributed by atoms with Crippen molar-refractivity contribution in [2.45, 2.75) is 25.8 Å². The molecule has 1 aromatic rings. The van der Waals surface area contributed by atoms with E-state index in [4.69, 9.17) is 5.73 Å². The molecule has 1 aromatic carbocycles. The van der Waals surface area contributed by atoms with Gasteiger partial charge in [-0.1, -0.05) is 18.2 Å². The molecule has 0 saturated carbocycles. The molecule has 86 valence electrons. The van der Waals surface area contributed by atoms with Crippen molar-refractivity contribution in [2.24, 2.45) is 5.73 Å². The summed E-state index contributed by atoms with van der Waals surface area (Å²) >= 11 is 0. The maximum atomic E-state index is 10.8. The van der Waals surface area contributed by atoms with E-state index in [0.717, 1.165) is 24.1 Å². The molecule has 0 aliphatic rings. The fourth-order valence-corrected chi connectivity index (χ4v) is 1.48. The zero-order valence-electron chi connectivity index (χ0n) is 9.57. The second-order valence-electron chi connectivity index (χ2n) is 3.78. The summed E-state index contributed by atoms with van der Waals surface area (Å²) in [7, 11) is 0. The fourth-order valence-electron chi connectivity index (χ4n) is 1.48. The van der Waals surface area contributed by atoms with Gasteiger partial charge in [-0.05, 0) is 30.5 Å². The van der Waals surface area contributed by atoms with E-state index in [2.05, 4.69) is 11.9 Å². The quantitative estimate of drug-likeness (QED) is 0.746. The normalized spacial score (nSPS) is 11.9. The highest BCUT2D eigenvalue weighted by Crippen LogP contribution is 2.18. The van der Waals surface area contributed by atoms with Gasteiger partial charge < -0.3 is 11.1 Å². The molecule has 16 heavy (non-hydrogen) atoms. The smallest absolute Gasteiger partial charge is 0.221 e. The zero-order chi connectivity index (χ0) is 12.0. The molecule has 3 heteroatoms. The van der Waals surface area contributed by atoms with Crippen LogP contribution in [0.3, 0.4) is 0 Å². The Morgan fingerprint density at radius 1 is 1.50 bits per heavy atom. The Balaban J connectivity index is 2.62. The van der Waals surface area contributed by atoms with Crippen LogP contribution in [0.2, 0.25) is 0 Å². The Bertz CT molecular complexity index is 357. The molecule has 1 amide bonds. The summed E-state index contributed by atoms with van der Waals surface area (Å²) in [5.41, 5.74) is 7.88. The van der Waals surface area contributed by atoms with E-state index < -0.39 is 0 Å². The molecule has 0 fully saturated rings. The van der Waals surface area contributed by atoms with Gasteiger partial charge in [0.25, 0.3) is 0 Å². The standard InChI is InChI=1S/C13H18N2O/c1-3-4-5-13(14)11-6-8-12(9-7-11)15-10(2)16/h3,6-9,13H,1,4-5,14H2,2H3,(H,15,16)/t13-/m0/s1. The lowest BCUT2D eigenvalue weighted by molar-refractivity contribution is -0.114. The van der Waals surface area contributed by atoms with Crippen LogP contribution >= 0.6 is 0 Å². The van der Waals surface area contributed by atoms with Gasteiger partial charge in [0.15, 0.2) is 0 Å². The van der Waals surface area contributed by atoms with Crippen molar-refractivity contribution in [1.82, 2.24) is 0 Å². The molecule has 0 bridgehead atoms. The molecular weight excluding hydrogens is 200 g/mol. The SMILES string of the molecule is C=CCC[C@H](N)c1ccc(NC(C)=O)cc1. The summed E-state index contributed by atoms with van der Waals surface area (Å²) in [5, 5.41) is 2.72. The topological polar surface area (TPSA) is 55.1 Å². The number of hydrogen-bond acceptors (Lipinski definition) is 2. The minimum absolute atomic E-state index is 0.0318. The van der Waals surface area contributed by atoms with Crippen LogP contribution in [0.5, 0.6) is 0 Å². The van der Waals surface area contributed by atoms with Crippen molar-refractivity contribution in [3.63, 3.8) is 0 Å². The van der Waals surface area contributed by atoms with Gasteiger partial charge in [-0.15, -0.1) is 6.58 Å². The predicted molar refractivity (Wildman–Crippen MR) is 67.1 cm³/mol. The number of nitrogens with one attached hydrogen (secondary N) is 1. The largest absolute Gasteiger partial charge is 0.326 e. The first kappa shape index (κ1) is 12.5. The van der Waals surface area contributed by atoms with Gasteiger partial charge in [-0.25, -0.2) is 0 Å². The lowest BCUT2D eigenvalue weighted by Crippen LogP contribution is -2.10. The maximum absolute atomic E-state index is 10.8. The molecule has 0 spiro atoms. The first-order valence-electron chi connectivity index (χ1n) is 5.37. The monoisotopic (exact) mass is 218 g/mol. The Kier molecular flexibility index (Phi) is 4.73. The minimum Gasteiger partial charge on any atom is -0.326 e. The van der Waals surface area contributed by atoms with Crippen molar-refractivity contribution in [3.8, 4) is 0 Å². The number of nitrogens with two attached hydrogens (primary N) is 1. The van der Waals surface area contributed by atoms with Crippen molar-refractivity contribution < 1.29 is 4.79 Å². The van der Waals surface area contributed by atoms with E-state index in [9.17, 15) is 4.79 Å². The molecular formula is C13H18N2O. The van der Waals surface area contributed by atoms with Crippen LogP contribution in [-0.4, -0.2) is 5.91 Å². The molecule has 0 heterocycles. The Hall–Kier alpha value is -1.61. The van der Waals surface area contributed by atoms with E-state index >= 15 is 0 Å². The number of carbonyl (C=O) groups is 1. The van der Waals surface area contributed by atoms with Gasteiger partial charge in [0.1, 0.15) is 0 Å². The van der Waals surface area contributed by atoms with E-state index in [1.807, 2.05) is 30.3 Å². The number of amides is 1. The lowest BCUT2D eigenvalue weighted by atomic mass is 10.0. The minimum atomic E-state index is -0.0660. The van der Waals surface area contributed by atoms with Gasteiger partial charge in [0, 0.05) is 18.7 Å². The van der Waals surface area contributed by atoms with E-state index in [1.54, 1.807) is 0 Å². The third kappa shape index (κ3) is 3.87. The molecule has 0 radical (unpaired) electrons. The second-order valence-corrected chi connectivity index (χ2v) is 3.78. The van der Waals surface area contributed by atoms with Crippen molar-refractivity contribution in [2.75, 3.05) is 5.32 Å². The molecule has 1 rings (SSSR count). The molecule has 0 aromatic heterocycles. The Labute approximate surface area is 96.3 Å². The van der Waals surface area contributed by atoms with Crippen LogP contribution in [0, 0.1) is 0 Å². The van der Waals surface area contributed by atoms with Crippen LogP contribution in [-0.2, 0) is 4.79 Å². The molecule has 1 atom stereocenters. The highest BCUT2D eigenvalue weighted by Gasteiger charge is 2.04. The van der Waals surface area contributed by atoms with Gasteiger partial charge >= 0.3 is 0 Å². The highest BCUT2D eigenvalue weighted by atomic mass is 16.1. The van der Waals surface area contributed by atoms with Gasteiger partial charge in [0.2, 0.25) is 5.91 Å². The Morgan fingerprint density at radius 2 is 2.12 bits per heavy atom. The number of anilines is 1. The summed E-state index contributed by atoms with van der Waals surface area (Å²) in [5.74, 6) is -0.0660. The van der Waals surface area contributed by atoms with E-state index in [0.29, 0.717) is 0 Å². The summed E-state index contributed by atoms with van der Waals surface area (Å²) in [4.78, 5) is 10.8. The number of allylic oxidation sites excluding steroid dienone is 1. The molecule has 0 unspecified atom stereocenters. The third-order valence-corrected chi connectivity index (χ3v) is 2.34. The number of carbonyl (C=O) groups excluding carboxylic acids is 1. The summed E-state index contributed by atoms with van der Waals surface area (Å²) in [6, 6.07) is 7.65. The zero-order valence-corrected chi connectivity index (χ0v) is 9.57. The lowest BCUT2D eigenvalue weighted by Gasteiger charge is -2.11. The molecule has 0 aliphatic carbocycles. The molecule has 3 N–H and O–H groups in total. The van der Waals surface area contributed by atoms with Crippen LogP contribution < -0.4 is 11.1 Å². The average Bonchev–Trinajstić information content (AvgIpc) is 2.26. The van der Waals surface area contributed by atoms with Crippen LogP contribution in [0.1, 0.15) is 31.4 Å². The summed E-state index contributed by atoms with van der Waals surface area (Å²) in [6.45, 7) is 5.16. The summed E-state index contributed by atoms with van der Waals surface area (Å²) < 4.78 is 0. The predicted octanol–water partition coefficient (Wildman–Crippen LogP) is 2.61. The first-order chi connectivity index (χ1) is 7.63. The van der Waals surface area contributed by atoms with Gasteiger partial charge in [-0.3, -0.25) is 4.79 Å². The summed E-state index contributed by atoms with van der Waals surface area (Å²) in [6.07, 6.45) is 3.67. The van der Waals surface area contributed by atoms with Crippen molar-refractivity contribution in [1.29, 1.82) is 0 Å².